The molecule has 1 unspecified atom stereocenters. The van der Waals surface area contributed by atoms with Gasteiger partial charge >= 0.3 is 0 Å². The van der Waals surface area contributed by atoms with Crippen molar-refractivity contribution in [1.82, 2.24) is 5.32 Å². The number of carbonyl (C=O) groups is 1. The zero-order valence-corrected chi connectivity index (χ0v) is 12.1. The summed E-state index contributed by atoms with van der Waals surface area (Å²) in [7, 11) is 0. The number of benzene rings is 1. The number of halogens is 1. The summed E-state index contributed by atoms with van der Waals surface area (Å²) in [5, 5.41) is 5.27. The highest BCUT2D eigenvalue weighted by atomic mass is 79.9. The molecular formula is C14H12BrNOS. The highest BCUT2D eigenvalue weighted by Gasteiger charge is 2.26. The number of carbonyl (C=O) groups excluding carboxylic acids is 1. The van der Waals surface area contributed by atoms with Crippen molar-refractivity contribution in [1.29, 1.82) is 0 Å². The normalized spacial score (nSPS) is 18.4. The SMILES string of the molecule is O=C(c1sccc1Br)C1Cc2ccccc2CN1. The first-order valence-corrected chi connectivity index (χ1v) is 7.50. The van der Waals surface area contributed by atoms with Crippen molar-refractivity contribution in [3.05, 3.63) is 56.2 Å². The molecule has 0 amide bonds. The van der Waals surface area contributed by atoms with Gasteiger partial charge in [-0.1, -0.05) is 24.3 Å². The average Bonchev–Trinajstić information content (AvgIpc) is 2.83. The van der Waals surface area contributed by atoms with E-state index in [9.17, 15) is 4.79 Å². The Kier molecular flexibility index (Phi) is 3.33. The van der Waals surface area contributed by atoms with Crippen LogP contribution in [0.25, 0.3) is 0 Å². The molecule has 92 valence electrons. The lowest BCUT2D eigenvalue weighted by molar-refractivity contribution is 0.0941. The van der Waals surface area contributed by atoms with E-state index in [0.29, 0.717) is 0 Å². The van der Waals surface area contributed by atoms with Gasteiger partial charge in [-0.2, -0.15) is 0 Å². The molecule has 4 heteroatoms. The molecule has 1 aliphatic rings. The quantitative estimate of drug-likeness (QED) is 0.859. The Morgan fingerprint density at radius 1 is 1.28 bits per heavy atom. The summed E-state index contributed by atoms with van der Waals surface area (Å²) in [6, 6.07) is 10.1. The van der Waals surface area contributed by atoms with Crippen molar-refractivity contribution in [3.8, 4) is 0 Å². The molecule has 1 atom stereocenters. The Hall–Kier alpha value is -0.970. The minimum absolute atomic E-state index is 0.102. The molecular weight excluding hydrogens is 310 g/mol. The largest absolute Gasteiger partial charge is 0.303 e. The highest BCUT2D eigenvalue weighted by Crippen LogP contribution is 2.26. The molecule has 0 saturated heterocycles. The van der Waals surface area contributed by atoms with Gasteiger partial charge in [0, 0.05) is 11.0 Å². The standard InChI is InChI=1S/C14H12BrNOS/c15-11-5-6-18-14(11)13(17)12-7-9-3-1-2-4-10(9)8-16-12/h1-6,12,16H,7-8H2. The van der Waals surface area contributed by atoms with Crippen LogP contribution in [0, 0.1) is 0 Å². The number of thiophene rings is 1. The van der Waals surface area contributed by atoms with E-state index < -0.39 is 0 Å². The second-order valence-electron chi connectivity index (χ2n) is 4.37. The minimum Gasteiger partial charge on any atom is -0.303 e. The number of Topliss-reactive ketones (excluding diaryl/α,β-unsaturated/α-hetero) is 1. The van der Waals surface area contributed by atoms with Crippen LogP contribution in [0.15, 0.2) is 40.2 Å². The van der Waals surface area contributed by atoms with Crippen molar-refractivity contribution in [3.63, 3.8) is 0 Å². The van der Waals surface area contributed by atoms with Crippen LogP contribution in [-0.2, 0) is 13.0 Å². The van der Waals surface area contributed by atoms with E-state index >= 15 is 0 Å². The van der Waals surface area contributed by atoms with Gasteiger partial charge in [0.05, 0.1) is 10.9 Å². The molecule has 18 heavy (non-hydrogen) atoms. The lowest BCUT2D eigenvalue weighted by Crippen LogP contribution is -2.41. The summed E-state index contributed by atoms with van der Waals surface area (Å²) in [4.78, 5) is 13.2. The molecule has 0 radical (unpaired) electrons. The van der Waals surface area contributed by atoms with E-state index in [-0.39, 0.29) is 11.8 Å². The van der Waals surface area contributed by atoms with Crippen molar-refractivity contribution in [2.24, 2.45) is 0 Å². The third kappa shape index (κ3) is 2.16. The zero-order valence-electron chi connectivity index (χ0n) is 9.65. The molecule has 1 aliphatic heterocycles. The monoisotopic (exact) mass is 321 g/mol. The molecule has 0 aliphatic carbocycles. The maximum absolute atomic E-state index is 12.4. The smallest absolute Gasteiger partial charge is 0.191 e. The number of ketones is 1. The molecule has 0 saturated carbocycles. The first-order chi connectivity index (χ1) is 8.75. The third-order valence-electron chi connectivity index (χ3n) is 3.24. The lowest BCUT2D eigenvalue weighted by atomic mass is 9.93. The molecule has 3 rings (SSSR count). The van der Waals surface area contributed by atoms with Gasteiger partial charge in [0.25, 0.3) is 0 Å². The second-order valence-corrected chi connectivity index (χ2v) is 6.14. The Balaban J connectivity index is 1.84. The van der Waals surface area contributed by atoms with Gasteiger partial charge < -0.3 is 5.32 Å². The molecule has 1 aromatic carbocycles. The summed E-state index contributed by atoms with van der Waals surface area (Å²) in [5.74, 6) is 0.186. The van der Waals surface area contributed by atoms with E-state index in [0.717, 1.165) is 22.3 Å². The van der Waals surface area contributed by atoms with Gasteiger partial charge in [-0.05, 0) is 44.9 Å². The van der Waals surface area contributed by atoms with Crippen molar-refractivity contribution < 1.29 is 4.79 Å². The fourth-order valence-corrected chi connectivity index (χ4v) is 3.83. The summed E-state index contributed by atoms with van der Waals surface area (Å²) in [6.45, 7) is 0.773. The van der Waals surface area contributed by atoms with Crippen LogP contribution in [0.4, 0.5) is 0 Å². The van der Waals surface area contributed by atoms with Crippen LogP contribution in [0.5, 0.6) is 0 Å². The second kappa shape index (κ2) is 4.96. The molecule has 0 spiro atoms. The van der Waals surface area contributed by atoms with Gasteiger partial charge in [-0.15, -0.1) is 11.3 Å². The lowest BCUT2D eigenvalue weighted by Gasteiger charge is -2.24. The Labute approximate surface area is 118 Å². The van der Waals surface area contributed by atoms with E-state index in [1.54, 1.807) is 0 Å². The molecule has 0 bridgehead atoms. The van der Waals surface area contributed by atoms with Gasteiger partial charge in [0.2, 0.25) is 0 Å². The number of rotatable bonds is 2. The van der Waals surface area contributed by atoms with Gasteiger partial charge in [0.1, 0.15) is 0 Å². The average molecular weight is 322 g/mol. The Morgan fingerprint density at radius 2 is 2.06 bits per heavy atom. The van der Waals surface area contributed by atoms with Crippen LogP contribution in [0.2, 0.25) is 0 Å². The van der Waals surface area contributed by atoms with Crippen LogP contribution in [0.1, 0.15) is 20.8 Å². The number of hydrogen-bond donors (Lipinski definition) is 1. The Morgan fingerprint density at radius 3 is 2.78 bits per heavy atom. The van der Waals surface area contributed by atoms with E-state index in [2.05, 4.69) is 33.4 Å². The third-order valence-corrected chi connectivity index (χ3v) is 5.09. The van der Waals surface area contributed by atoms with Gasteiger partial charge in [-0.25, -0.2) is 0 Å². The van der Waals surface area contributed by atoms with Crippen LogP contribution < -0.4 is 5.32 Å². The molecule has 1 aromatic heterocycles. The number of nitrogens with one attached hydrogen (secondary N) is 1. The Bertz CT molecular complexity index is 593. The topological polar surface area (TPSA) is 29.1 Å². The fraction of sp³-hybridized carbons (Fsp3) is 0.214. The summed E-state index contributed by atoms with van der Waals surface area (Å²) < 4.78 is 0.901. The van der Waals surface area contributed by atoms with Crippen LogP contribution >= 0.6 is 27.3 Å². The van der Waals surface area contributed by atoms with Crippen LogP contribution in [-0.4, -0.2) is 11.8 Å². The minimum atomic E-state index is -0.102. The van der Waals surface area contributed by atoms with E-state index in [1.165, 1.54) is 22.5 Å². The first-order valence-electron chi connectivity index (χ1n) is 5.83. The summed E-state index contributed by atoms with van der Waals surface area (Å²) in [5.41, 5.74) is 2.58. The molecule has 2 heterocycles. The van der Waals surface area contributed by atoms with Crippen molar-refractivity contribution >= 4 is 33.0 Å². The first kappa shape index (κ1) is 12.1. The molecule has 2 nitrogen and oxygen atoms in total. The molecule has 1 N–H and O–H groups in total. The number of fused-ring (bicyclic) bond motifs is 1. The predicted octanol–water partition coefficient (Wildman–Crippen LogP) is 3.41. The molecule has 2 aromatic rings. The van der Waals surface area contributed by atoms with E-state index in [4.69, 9.17) is 0 Å². The van der Waals surface area contributed by atoms with E-state index in [1.807, 2.05) is 23.6 Å². The number of hydrogen-bond acceptors (Lipinski definition) is 3. The highest BCUT2D eigenvalue weighted by molar-refractivity contribution is 9.10. The fourth-order valence-electron chi connectivity index (χ4n) is 2.27. The van der Waals surface area contributed by atoms with Gasteiger partial charge in [0.15, 0.2) is 5.78 Å². The maximum atomic E-state index is 12.4. The van der Waals surface area contributed by atoms with Crippen molar-refractivity contribution in [2.75, 3.05) is 0 Å². The maximum Gasteiger partial charge on any atom is 0.191 e. The predicted molar refractivity (Wildman–Crippen MR) is 77.1 cm³/mol. The van der Waals surface area contributed by atoms with Crippen molar-refractivity contribution in [2.45, 2.75) is 19.0 Å². The zero-order chi connectivity index (χ0) is 12.5. The summed E-state index contributed by atoms with van der Waals surface area (Å²) in [6.07, 6.45) is 0.777. The van der Waals surface area contributed by atoms with Gasteiger partial charge in [-0.3, -0.25) is 4.79 Å². The molecule has 0 fully saturated rings. The summed E-state index contributed by atoms with van der Waals surface area (Å²) >= 11 is 4.92. The van der Waals surface area contributed by atoms with Crippen LogP contribution in [0.3, 0.4) is 0 Å².